The van der Waals surface area contributed by atoms with E-state index in [1.54, 1.807) is 0 Å². The predicted octanol–water partition coefficient (Wildman–Crippen LogP) is 1.22. The molecule has 0 aromatic rings. The van der Waals surface area contributed by atoms with Crippen molar-refractivity contribution in [1.82, 2.24) is 25.9 Å². The van der Waals surface area contributed by atoms with Gasteiger partial charge in [0.1, 0.15) is 6.23 Å². The maximum Gasteiger partial charge on any atom is 0.146 e. The molecule has 31 heavy (non-hydrogen) atoms. The van der Waals surface area contributed by atoms with Crippen molar-refractivity contribution in [3.05, 3.63) is 0 Å². The van der Waals surface area contributed by atoms with Crippen LogP contribution in [0.25, 0.3) is 0 Å². The zero-order valence-corrected chi connectivity index (χ0v) is 18.8. The monoisotopic (exact) mass is 432 g/mol. The van der Waals surface area contributed by atoms with E-state index in [1.165, 1.54) is 38.5 Å². The maximum atomic E-state index is 9.32. The molecule has 4 heterocycles. The van der Waals surface area contributed by atoms with Gasteiger partial charge in [-0.05, 0) is 57.4 Å². The lowest BCUT2D eigenvalue weighted by Crippen LogP contribution is -2.57. The van der Waals surface area contributed by atoms with Crippen LogP contribution in [0.3, 0.4) is 0 Å². The minimum atomic E-state index is 0.0693. The standard InChI is InChI=1S/C23H40N6O2/c24-14-17-3-1-4-18(13-17)16-29-8-2-5-20(29)23-26-22(27-31-23)19-6-7-21(25-15-19)28-9-11-30-12-10-28/h17-23,25-27H,1-13,15-16H2/t17?,18?,19?,20-,21?,22?,23?/m0/s1. The number of ether oxygens (including phenoxy) is 1. The SMILES string of the molecule is N#CC1CCCC(CN2CCC[C@H]2C2NC(C3CCC(N4CCOCC4)NC3)NO2)C1. The Morgan fingerprint density at radius 3 is 2.71 bits per heavy atom. The Kier molecular flexibility index (Phi) is 7.41. The molecular formula is C23H40N6O2. The molecule has 8 heteroatoms. The highest BCUT2D eigenvalue weighted by molar-refractivity contribution is 4.94. The Balaban J connectivity index is 1.09. The molecule has 8 nitrogen and oxygen atoms in total. The maximum absolute atomic E-state index is 9.32. The first-order valence-corrected chi connectivity index (χ1v) is 12.7. The summed E-state index contributed by atoms with van der Waals surface area (Å²) in [4.78, 5) is 11.3. The minimum absolute atomic E-state index is 0.0693. The highest BCUT2D eigenvalue weighted by Crippen LogP contribution is 2.32. The van der Waals surface area contributed by atoms with Gasteiger partial charge in [-0.25, -0.2) is 0 Å². The van der Waals surface area contributed by atoms with Gasteiger partial charge in [0.15, 0.2) is 0 Å². The molecule has 5 aliphatic rings. The van der Waals surface area contributed by atoms with Gasteiger partial charge < -0.3 is 10.1 Å². The third-order valence-electron chi connectivity index (χ3n) is 8.27. The molecule has 0 aromatic carbocycles. The summed E-state index contributed by atoms with van der Waals surface area (Å²) in [6, 6.07) is 2.95. The van der Waals surface area contributed by atoms with Crippen molar-refractivity contribution in [2.75, 3.05) is 45.9 Å². The quantitative estimate of drug-likeness (QED) is 0.598. The Morgan fingerprint density at radius 2 is 1.90 bits per heavy atom. The van der Waals surface area contributed by atoms with Crippen LogP contribution in [0.2, 0.25) is 0 Å². The fourth-order valence-electron chi connectivity index (χ4n) is 6.49. The smallest absolute Gasteiger partial charge is 0.146 e. The van der Waals surface area contributed by atoms with Gasteiger partial charge >= 0.3 is 0 Å². The van der Waals surface area contributed by atoms with Gasteiger partial charge in [0.05, 0.1) is 37.7 Å². The largest absolute Gasteiger partial charge is 0.379 e. The van der Waals surface area contributed by atoms with E-state index in [-0.39, 0.29) is 18.3 Å². The molecule has 1 aliphatic carbocycles. The molecule has 4 aliphatic heterocycles. The van der Waals surface area contributed by atoms with Crippen molar-refractivity contribution < 1.29 is 9.57 Å². The lowest BCUT2D eigenvalue weighted by Gasteiger charge is -2.40. The second kappa shape index (κ2) is 10.4. The summed E-state index contributed by atoms with van der Waals surface area (Å²) >= 11 is 0. The summed E-state index contributed by atoms with van der Waals surface area (Å²) in [5, 5.41) is 16.9. The van der Waals surface area contributed by atoms with Crippen LogP contribution < -0.4 is 16.1 Å². The third kappa shape index (κ3) is 5.25. The van der Waals surface area contributed by atoms with E-state index in [4.69, 9.17) is 9.57 Å². The van der Waals surface area contributed by atoms with Crippen LogP contribution in [-0.4, -0.2) is 80.3 Å². The molecule has 3 N–H and O–H groups in total. The highest BCUT2D eigenvalue weighted by atomic mass is 16.7. The number of nitriles is 1. The number of hydrogen-bond donors (Lipinski definition) is 3. The third-order valence-corrected chi connectivity index (χ3v) is 8.27. The summed E-state index contributed by atoms with van der Waals surface area (Å²) in [5.74, 6) is 1.49. The van der Waals surface area contributed by atoms with Crippen LogP contribution in [0.15, 0.2) is 0 Å². The Hall–Kier alpha value is -0.790. The predicted molar refractivity (Wildman–Crippen MR) is 117 cm³/mol. The second-order valence-electron chi connectivity index (χ2n) is 10.3. The molecule has 0 amide bonds. The van der Waals surface area contributed by atoms with Gasteiger partial charge in [-0.1, -0.05) is 6.42 Å². The number of rotatable bonds is 5. The number of hydroxylamine groups is 1. The molecular weight excluding hydrogens is 392 g/mol. The first-order valence-electron chi connectivity index (χ1n) is 12.7. The molecule has 0 aromatic heterocycles. The van der Waals surface area contributed by atoms with Crippen LogP contribution >= 0.6 is 0 Å². The summed E-state index contributed by atoms with van der Waals surface area (Å²) in [7, 11) is 0. The van der Waals surface area contributed by atoms with Crippen LogP contribution in [0, 0.1) is 29.1 Å². The van der Waals surface area contributed by atoms with Crippen molar-refractivity contribution in [1.29, 1.82) is 5.26 Å². The molecule has 7 atom stereocenters. The van der Waals surface area contributed by atoms with E-state index in [1.807, 2.05) is 0 Å². The van der Waals surface area contributed by atoms with Crippen LogP contribution in [-0.2, 0) is 9.57 Å². The lowest BCUT2D eigenvalue weighted by atomic mass is 9.82. The van der Waals surface area contributed by atoms with Crippen molar-refractivity contribution in [2.45, 2.75) is 76.0 Å². The molecule has 0 radical (unpaired) electrons. The fraction of sp³-hybridized carbons (Fsp3) is 0.957. The highest BCUT2D eigenvalue weighted by Gasteiger charge is 2.41. The summed E-state index contributed by atoms with van der Waals surface area (Å²) in [6.07, 6.45) is 10.3. The fourth-order valence-corrected chi connectivity index (χ4v) is 6.49. The van der Waals surface area contributed by atoms with Gasteiger partial charge in [0.25, 0.3) is 0 Å². The first kappa shape index (κ1) is 22.0. The zero-order chi connectivity index (χ0) is 21.0. The molecule has 5 rings (SSSR count). The molecule has 5 fully saturated rings. The number of piperidine rings is 1. The van der Waals surface area contributed by atoms with E-state index in [2.05, 4.69) is 32.0 Å². The van der Waals surface area contributed by atoms with Gasteiger partial charge in [-0.15, -0.1) is 0 Å². The number of nitrogens with zero attached hydrogens (tertiary/aromatic N) is 3. The first-order chi connectivity index (χ1) is 15.3. The van der Waals surface area contributed by atoms with E-state index in [0.29, 0.717) is 24.0 Å². The Bertz CT molecular complexity index is 616. The zero-order valence-electron chi connectivity index (χ0n) is 18.8. The Labute approximate surface area is 186 Å². The Morgan fingerprint density at radius 1 is 1.00 bits per heavy atom. The van der Waals surface area contributed by atoms with Crippen molar-refractivity contribution in [3.8, 4) is 6.07 Å². The van der Waals surface area contributed by atoms with Gasteiger partial charge in [-0.2, -0.15) is 10.7 Å². The van der Waals surface area contributed by atoms with Gasteiger partial charge in [0, 0.05) is 38.0 Å². The normalized spacial score (nSPS) is 43.1. The van der Waals surface area contributed by atoms with Crippen molar-refractivity contribution in [3.63, 3.8) is 0 Å². The summed E-state index contributed by atoms with van der Waals surface area (Å²) < 4.78 is 5.50. The van der Waals surface area contributed by atoms with Crippen LogP contribution in [0.4, 0.5) is 0 Å². The van der Waals surface area contributed by atoms with Gasteiger partial charge in [0.2, 0.25) is 0 Å². The molecule has 0 spiro atoms. The average Bonchev–Trinajstić information content (AvgIpc) is 3.49. The number of hydrogen-bond acceptors (Lipinski definition) is 8. The average molecular weight is 433 g/mol. The van der Waals surface area contributed by atoms with Crippen molar-refractivity contribution in [2.24, 2.45) is 17.8 Å². The minimum Gasteiger partial charge on any atom is -0.379 e. The number of morpholine rings is 1. The summed E-state index contributed by atoms with van der Waals surface area (Å²) in [5.41, 5.74) is 3.33. The van der Waals surface area contributed by atoms with E-state index < -0.39 is 0 Å². The molecule has 0 bridgehead atoms. The van der Waals surface area contributed by atoms with Gasteiger partial charge in [-0.3, -0.25) is 20.0 Å². The van der Waals surface area contributed by atoms with Crippen LogP contribution in [0.1, 0.15) is 51.4 Å². The van der Waals surface area contributed by atoms with Crippen LogP contribution in [0.5, 0.6) is 0 Å². The van der Waals surface area contributed by atoms with E-state index in [0.717, 1.165) is 58.8 Å². The molecule has 1 saturated carbocycles. The van der Waals surface area contributed by atoms with E-state index in [9.17, 15) is 5.26 Å². The molecule has 6 unspecified atom stereocenters. The summed E-state index contributed by atoms with van der Waals surface area (Å²) in [6.45, 7) is 7.12. The molecule has 174 valence electrons. The second-order valence-corrected chi connectivity index (χ2v) is 10.3. The number of nitrogens with one attached hydrogen (secondary N) is 3. The van der Waals surface area contributed by atoms with Crippen molar-refractivity contribution >= 4 is 0 Å². The topological polar surface area (TPSA) is 84.8 Å². The molecule has 4 saturated heterocycles. The number of likely N-dealkylation sites (tertiary alicyclic amines) is 1. The lowest BCUT2D eigenvalue weighted by molar-refractivity contribution is -0.0291. The van der Waals surface area contributed by atoms with E-state index >= 15 is 0 Å².